The Morgan fingerprint density at radius 3 is 2.67 bits per heavy atom. The van der Waals surface area contributed by atoms with Crippen LogP contribution in [0, 0.1) is 0 Å². The highest BCUT2D eigenvalue weighted by Crippen LogP contribution is 2.16. The van der Waals surface area contributed by atoms with Gasteiger partial charge in [-0.25, -0.2) is 4.68 Å². The molecule has 1 aromatic carbocycles. The first-order chi connectivity index (χ1) is 10.3. The Labute approximate surface area is 125 Å². The van der Waals surface area contributed by atoms with Crippen LogP contribution in [-0.2, 0) is 6.54 Å². The highest BCUT2D eigenvalue weighted by Gasteiger charge is 2.07. The zero-order chi connectivity index (χ0) is 14.7. The van der Waals surface area contributed by atoms with Crippen LogP contribution in [0.15, 0.2) is 47.3 Å². The van der Waals surface area contributed by atoms with Gasteiger partial charge >= 0.3 is 0 Å². The minimum absolute atomic E-state index is 0.157. The number of aromatic nitrogens is 4. The summed E-state index contributed by atoms with van der Waals surface area (Å²) in [7, 11) is 1.78. The van der Waals surface area contributed by atoms with Crippen LogP contribution in [0.4, 0.5) is 5.13 Å². The second-order valence-corrected chi connectivity index (χ2v) is 5.39. The van der Waals surface area contributed by atoms with E-state index in [0.29, 0.717) is 6.54 Å². The molecule has 0 radical (unpaired) electrons. The summed E-state index contributed by atoms with van der Waals surface area (Å²) in [4.78, 5) is 11.9. The lowest BCUT2D eigenvalue weighted by Crippen LogP contribution is -2.22. The minimum Gasteiger partial charge on any atom is -0.363 e. The third kappa shape index (κ3) is 2.97. The fourth-order valence-electron chi connectivity index (χ4n) is 1.87. The molecule has 7 heteroatoms. The average Bonchev–Trinajstić information content (AvgIpc) is 2.98. The molecule has 1 N–H and O–H groups in total. The lowest BCUT2D eigenvalue weighted by atomic mass is 10.1. The van der Waals surface area contributed by atoms with Crippen molar-refractivity contribution in [1.82, 2.24) is 20.0 Å². The van der Waals surface area contributed by atoms with E-state index in [-0.39, 0.29) is 5.56 Å². The molecule has 6 nitrogen and oxygen atoms in total. The number of hydrogen-bond acceptors (Lipinski definition) is 6. The van der Waals surface area contributed by atoms with Crippen LogP contribution in [0.5, 0.6) is 0 Å². The summed E-state index contributed by atoms with van der Waals surface area (Å²) in [6.07, 6.45) is 0. The Bertz CT molecular complexity index is 796. The molecule has 3 rings (SSSR count). The van der Waals surface area contributed by atoms with Crippen LogP contribution in [0.2, 0.25) is 0 Å². The maximum absolute atomic E-state index is 11.9. The van der Waals surface area contributed by atoms with Crippen molar-refractivity contribution in [3.8, 4) is 11.3 Å². The first-order valence-electron chi connectivity index (χ1n) is 6.40. The fraction of sp³-hybridized carbons (Fsp3) is 0.143. The number of benzene rings is 1. The zero-order valence-electron chi connectivity index (χ0n) is 11.4. The Balaban J connectivity index is 1.93. The molecule has 2 aromatic heterocycles. The number of rotatable bonds is 4. The average molecular weight is 299 g/mol. The lowest BCUT2D eigenvalue weighted by Gasteiger charge is -2.05. The summed E-state index contributed by atoms with van der Waals surface area (Å²) in [6, 6.07) is 13.0. The van der Waals surface area contributed by atoms with E-state index in [2.05, 4.69) is 20.6 Å². The Morgan fingerprint density at radius 1 is 1.14 bits per heavy atom. The summed E-state index contributed by atoms with van der Waals surface area (Å²) >= 11 is 1.41. The molecule has 0 aliphatic heterocycles. The van der Waals surface area contributed by atoms with Gasteiger partial charge in [0, 0.05) is 18.7 Å². The van der Waals surface area contributed by atoms with Gasteiger partial charge in [-0.15, -0.1) is 10.2 Å². The van der Waals surface area contributed by atoms with Gasteiger partial charge in [0.05, 0.1) is 12.2 Å². The van der Waals surface area contributed by atoms with Gasteiger partial charge in [-0.2, -0.15) is 5.10 Å². The van der Waals surface area contributed by atoms with E-state index in [1.165, 1.54) is 22.1 Å². The summed E-state index contributed by atoms with van der Waals surface area (Å²) in [6.45, 7) is 0.318. The molecule has 3 aromatic rings. The van der Waals surface area contributed by atoms with Crippen molar-refractivity contribution in [2.24, 2.45) is 0 Å². The van der Waals surface area contributed by atoms with Gasteiger partial charge in [0.2, 0.25) is 5.13 Å². The minimum atomic E-state index is -0.157. The van der Waals surface area contributed by atoms with Crippen molar-refractivity contribution >= 4 is 16.5 Å². The molecular weight excluding hydrogens is 286 g/mol. The summed E-state index contributed by atoms with van der Waals surface area (Å²) in [5.74, 6) is 0. The van der Waals surface area contributed by atoms with E-state index in [4.69, 9.17) is 0 Å². The second-order valence-electron chi connectivity index (χ2n) is 4.33. The maximum Gasteiger partial charge on any atom is 0.267 e. The predicted molar refractivity (Wildman–Crippen MR) is 82.5 cm³/mol. The Kier molecular flexibility index (Phi) is 3.74. The summed E-state index contributed by atoms with van der Waals surface area (Å²) < 4.78 is 1.41. The molecule has 0 amide bonds. The van der Waals surface area contributed by atoms with Gasteiger partial charge in [0.25, 0.3) is 5.56 Å². The highest BCUT2D eigenvalue weighted by atomic mass is 32.1. The number of nitrogens with one attached hydrogen (secondary N) is 1. The molecular formula is C14H13N5OS. The molecule has 106 valence electrons. The molecule has 0 atom stereocenters. The molecule has 0 spiro atoms. The van der Waals surface area contributed by atoms with Crippen molar-refractivity contribution in [2.75, 3.05) is 12.4 Å². The van der Waals surface area contributed by atoms with Gasteiger partial charge in [0.1, 0.15) is 5.01 Å². The molecule has 0 fully saturated rings. The Morgan fingerprint density at radius 2 is 1.95 bits per heavy atom. The monoisotopic (exact) mass is 299 g/mol. The fourth-order valence-corrected chi connectivity index (χ4v) is 2.55. The number of nitrogens with zero attached hydrogens (tertiary/aromatic N) is 4. The molecule has 0 unspecified atom stereocenters. The topological polar surface area (TPSA) is 72.7 Å². The van der Waals surface area contributed by atoms with Crippen molar-refractivity contribution in [3.05, 3.63) is 57.8 Å². The quantitative estimate of drug-likeness (QED) is 0.796. The largest absolute Gasteiger partial charge is 0.363 e. The van der Waals surface area contributed by atoms with Crippen LogP contribution < -0.4 is 10.9 Å². The van der Waals surface area contributed by atoms with Crippen LogP contribution in [0.1, 0.15) is 5.01 Å². The third-order valence-electron chi connectivity index (χ3n) is 2.90. The lowest BCUT2D eigenvalue weighted by molar-refractivity contribution is 0.636. The normalized spacial score (nSPS) is 10.5. The summed E-state index contributed by atoms with van der Waals surface area (Å²) in [5, 5.41) is 16.8. The van der Waals surface area contributed by atoms with Crippen molar-refractivity contribution in [1.29, 1.82) is 0 Å². The smallest absolute Gasteiger partial charge is 0.267 e. The van der Waals surface area contributed by atoms with Gasteiger partial charge in [0.15, 0.2) is 0 Å². The SMILES string of the molecule is CNc1nnc(Cn2nc(-c3ccccc3)ccc2=O)s1. The Hall–Kier alpha value is -2.54. The number of anilines is 1. The third-order valence-corrected chi connectivity index (χ3v) is 3.83. The first kappa shape index (κ1) is 13.4. The number of hydrogen-bond donors (Lipinski definition) is 1. The van der Waals surface area contributed by atoms with Crippen molar-refractivity contribution in [2.45, 2.75) is 6.54 Å². The van der Waals surface area contributed by atoms with Crippen LogP contribution >= 0.6 is 11.3 Å². The van der Waals surface area contributed by atoms with Crippen LogP contribution in [-0.4, -0.2) is 27.0 Å². The van der Waals surface area contributed by atoms with Crippen LogP contribution in [0.3, 0.4) is 0 Å². The van der Waals surface area contributed by atoms with Gasteiger partial charge in [-0.05, 0) is 6.07 Å². The molecule has 21 heavy (non-hydrogen) atoms. The maximum atomic E-state index is 11.9. The van der Waals surface area contributed by atoms with E-state index in [9.17, 15) is 4.79 Å². The standard InChI is InChI=1S/C14H13N5OS/c1-15-14-17-16-12(21-14)9-19-13(20)8-7-11(18-19)10-5-3-2-4-6-10/h2-8H,9H2,1H3,(H,15,17). The molecule has 0 saturated carbocycles. The van der Waals surface area contributed by atoms with E-state index in [0.717, 1.165) is 21.4 Å². The highest BCUT2D eigenvalue weighted by molar-refractivity contribution is 7.15. The van der Waals surface area contributed by atoms with Crippen molar-refractivity contribution in [3.63, 3.8) is 0 Å². The van der Waals surface area contributed by atoms with Gasteiger partial charge in [-0.3, -0.25) is 4.79 Å². The zero-order valence-corrected chi connectivity index (χ0v) is 12.2. The van der Waals surface area contributed by atoms with E-state index in [1.807, 2.05) is 30.3 Å². The van der Waals surface area contributed by atoms with Gasteiger partial charge in [-0.1, -0.05) is 41.7 Å². The van der Waals surface area contributed by atoms with Gasteiger partial charge < -0.3 is 5.32 Å². The molecule has 2 heterocycles. The van der Waals surface area contributed by atoms with Crippen LogP contribution in [0.25, 0.3) is 11.3 Å². The second kappa shape index (κ2) is 5.84. The first-order valence-corrected chi connectivity index (χ1v) is 7.21. The molecule has 0 aliphatic carbocycles. The molecule has 0 aliphatic rings. The van der Waals surface area contributed by atoms with Crippen molar-refractivity contribution < 1.29 is 0 Å². The van der Waals surface area contributed by atoms with E-state index < -0.39 is 0 Å². The van der Waals surface area contributed by atoms with E-state index >= 15 is 0 Å². The molecule has 0 saturated heterocycles. The predicted octanol–water partition coefficient (Wildman–Crippen LogP) is 1.85. The molecule has 0 bridgehead atoms. The van der Waals surface area contributed by atoms with E-state index in [1.54, 1.807) is 13.1 Å². The summed E-state index contributed by atoms with van der Waals surface area (Å²) in [5.41, 5.74) is 1.57.